The summed E-state index contributed by atoms with van der Waals surface area (Å²) >= 11 is 0. The molecule has 0 N–H and O–H groups in total. The molecule has 0 aliphatic carbocycles. The van der Waals surface area contributed by atoms with E-state index in [0.29, 0.717) is 22.7 Å². The number of para-hydroxylation sites is 2. The van der Waals surface area contributed by atoms with Gasteiger partial charge < -0.3 is 9.47 Å². The topological polar surface area (TPSA) is 88.5 Å². The van der Waals surface area contributed by atoms with Crippen molar-refractivity contribution in [2.24, 2.45) is 16.9 Å². The van der Waals surface area contributed by atoms with E-state index in [1.54, 1.807) is 72.9 Å². The third kappa shape index (κ3) is 2.83. The molecule has 4 atom stereocenters. The lowest BCUT2D eigenvalue weighted by Crippen LogP contribution is -2.46. The van der Waals surface area contributed by atoms with Gasteiger partial charge >= 0.3 is 0 Å². The van der Waals surface area contributed by atoms with Crippen LogP contribution in [0.2, 0.25) is 0 Å². The fourth-order valence-electron chi connectivity index (χ4n) is 4.82. The van der Waals surface area contributed by atoms with Crippen molar-refractivity contribution in [1.82, 2.24) is 5.01 Å². The molecule has 0 bridgehead atoms. The first-order valence-electron chi connectivity index (χ1n) is 10.2. The molecule has 0 aromatic heterocycles. The average Bonchev–Trinajstić information content (AvgIpc) is 3.31. The molecule has 5 rings (SSSR count). The van der Waals surface area contributed by atoms with E-state index in [9.17, 15) is 14.4 Å². The predicted octanol–water partition coefficient (Wildman–Crippen LogP) is 2.30. The molecule has 0 saturated carbocycles. The van der Waals surface area contributed by atoms with E-state index in [0.717, 1.165) is 4.90 Å². The van der Waals surface area contributed by atoms with Crippen molar-refractivity contribution >= 4 is 29.5 Å². The summed E-state index contributed by atoms with van der Waals surface area (Å²) in [6.45, 7) is 0. The number of hydrazone groups is 1. The number of fused-ring (bicyclic) bond motifs is 3. The smallest absolute Gasteiger partial charge is 0.240 e. The number of Topliss-reactive ketones (excluding diaryl/α,β-unsaturated/α-hetero) is 1. The zero-order chi connectivity index (χ0) is 22.4. The van der Waals surface area contributed by atoms with Gasteiger partial charge in [0.25, 0.3) is 0 Å². The van der Waals surface area contributed by atoms with Crippen LogP contribution < -0.4 is 14.4 Å². The van der Waals surface area contributed by atoms with Crippen molar-refractivity contribution in [3.63, 3.8) is 0 Å². The minimum Gasteiger partial charge on any atom is -0.497 e. The van der Waals surface area contributed by atoms with Crippen LogP contribution in [-0.4, -0.2) is 55.1 Å². The van der Waals surface area contributed by atoms with Crippen LogP contribution in [0.5, 0.6) is 11.5 Å². The maximum atomic E-state index is 13.6. The molecular formula is C24H21N3O5. The molecule has 2 fully saturated rings. The lowest BCUT2D eigenvalue weighted by atomic mass is 9.86. The summed E-state index contributed by atoms with van der Waals surface area (Å²) in [6, 6.07) is 12.2. The number of amides is 2. The van der Waals surface area contributed by atoms with Gasteiger partial charge in [-0.1, -0.05) is 18.2 Å². The Balaban J connectivity index is 1.57. The first-order chi connectivity index (χ1) is 15.6. The zero-order valence-electron chi connectivity index (χ0n) is 17.5. The Kier molecular flexibility index (Phi) is 4.77. The molecule has 2 aromatic carbocycles. The number of ether oxygens (including phenoxy) is 2. The molecule has 2 aromatic rings. The van der Waals surface area contributed by atoms with Crippen LogP contribution in [0.1, 0.15) is 10.4 Å². The van der Waals surface area contributed by atoms with Crippen molar-refractivity contribution in [2.75, 3.05) is 19.1 Å². The molecule has 0 radical (unpaired) electrons. The molecule has 2 amide bonds. The summed E-state index contributed by atoms with van der Waals surface area (Å²) in [4.78, 5) is 41.9. The number of carbonyl (C=O) groups excluding carboxylic acids is 3. The van der Waals surface area contributed by atoms with Gasteiger partial charge in [-0.2, -0.15) is 5.10 Å². The van der Waals surface area contributed by atoms with Gasteiger partial charge in [0.2, 0.25) is 11.8 Å². The number of rotatable bonds is 5. The van der Waals surface area contributed by atoms with Crippen LogP contribution in [0, 0.1) is 11.8 Å². The Morgan fingerprint density at radius 3 is 2.38 bits per heavy atom. The lowest BCUT2D eigenvalue weighted by Gasteiger charge is -2.30. The molecular weight excluding hydrogens is 410 g/mol. The fourth-order valence-corrected chi connectivity index (χ4v) is 4.82. The number of methoxy groups -OCH3 is 2. The maximum Gasteiger partial charge on any atom is 0.240 e. The molecule has 2 saturated heterocycles. The number of hydrogen-bond acceptors (Lipinski definition) is 7. The zero-order valence-corrected chi connectivity index (χ0v) is 17.5. The summed E-state index contributed by atoms with van der Waals surface area (Å²) in [6.07, 6.45) is 5.13. The van der Waals surface area contributed by atoms with Gasteiger partial charge in [0.1, 0.15) is 17.5 Å². The Labute approximate surface area is 184 Å². The number of ketones is 1. The van der Waals surface area contributed by atoms with Crippen LogP contribution in [0.25, 0.3) is 0 Å². The monoisotopic (exact) mass is 431 g/mol. The minimum atomic E-state index is -0.893. The largest absolute Gasteiger partial charge is 0.497 e. The summed E-state index contributed by atoms with van der Waals surface area (Å²) in [7, 11) is 3.04. The summed E-state index contributed by atoms with van der Waals surface area (Å²) < 4.78 is 10.5. The molecule has 0 spiro atoms. The standard InChI is InChI=1S/C24H21N3O5/c1-31-15-11-9-14(10-12-15)22(28)21-20-19(17-7-5-13-25-27(17)21)23(29)26(24(20)30)16-6-3-4-8-18(16)32-2/h3-13,17,19-21H,1-2H3/t17?,19-,20-,21+/m0/s1. The van der Waals surface area contributed by atoms with E-state index >= 15 is 0 Å². The average molecular weight is 431 g/mol. The maximum absolute atomic E-state index is 13.6. The Morgan fingerprint density at radius 2 is 1.66 bits per heavy atom. The second-order valence-corrected chi connectivity index (χ2v) is 7.79. The van der Waals surface area contributed by atoms with Gasteiger partial charge in [-0.25, -0.2) is 4.90 Å². The third-order valence-electron chi connectivity index (χ3n) is 6.26. The molecule has 1 unspecified atom stereocenters. The number of imide groups is 1. The van der Waals surface area contributed by atoms with Crippen molar-refractivity contribution < 1.29 is 23.9 Å². The Bertz CT molecular complexity index is 1160. The van der Waals surface area contributed by atoms with Crippen LogP contribution in [0.3, 0.4) is 0 Å². The quantitative estimate of drug-likeness (QED) is 0.533. The molecule has 8 nitrogen and oxygen atoms in total. The van der Waals surface area contributed by atoms with Crippen LogP contribution in [-0.2, 0) is 9.59 Å². The van der Waals surface area contributed by atoms with E-state index in [1.807, 2.05) is 6.08 Å². The molecule has 3 aliphatic rings. The molecule has 162 valence electrons. The first-order valence-corrected chi connectivity index (χ1v) is 10.2. The van der Waals surface area contributed by atoms with E-state index in [-0.39, 0.29) is 11.7 Å². The number of anilines is 1. The Hall–Kier alpha value is -3.94. The highest BCUT2D eigenvalue weighted by Crippen LogP contribution is 2.47. The fraction of sp³-hybridized carbons (Fsp3) is 0.250. The van der Waals surface area contributed by atoms with E-state index in [1.165, 1.54) is 7.11 Å². The molecule has 3 heterocycles. The number of hydrogen-bond donors (Lipinski definition) is 0. The van der Waals surface area contributed by atoms with Crippen molar-refractivity contribution in [1.29, 1.82) is 0 Å². The SMILES string of the molecule is COc1ccc(C(=O)[C@H]2[C@H]3C(=O)N(c4ccccc4OC)C(=O)[C@H]3C3C=CC=NN32)cc1. The molecule has 32 heavy (non-hydrogen) atoms. The first kappa shape index (κ1) is 20.0. The van der Waals surface area contributed by atoms with Crippen LogP contribution in [0.4, 0.5) is 5.69 Å². The van der Waals surface area contributed by atoms with Crippen molar-refractivity contribution in [2.45, 2.75) is 12.1 Å². The third-order valence-corrected chi connectivity index (χ3v) is 6.26. The molecule has 3 aliphatic heterocycles. The van der Waals surface area contributed by atoms with Gasteiger partial charge in [-0.15, -0.1) is 0 Å². The van der Waals surface area contributed by atoms with Gasteiger partial charge in [-0.05, 0) is 42.5 Å². The van der Waals surface area contributed by atoms with E-state index < -0.39 is 29.8 Å². The van der Waals surface area contributed by atoms with E-state index in [4.69, 9.17) is 9.47 Å². The summed E-state index contributed by atoms with van der Waals surface area (Å²) in [5.41, 5.74) is 0.806. The number of carbonyl (C=O) groups is 3. The highest BCUT2D eigenvalue weighted by molar-refractivity contribution is 6.25. The number of benzene rings is 2. The van der Waals surface area contributed by atoms with Gasteiger partial charge in [-0.3, -0.25) is 19.4 Å². The highest BCUT2D eigenvalue weighted by Gasteiger charge is 2.64. The van der Waals surface area contributed by atoms with Crippen LogP contribution in [0.15, 0.2) is 65.8 Å². The Morgan fingerprint density at radius 1 is 0.938 bits per heavy atom. The second kappa shape index (κ2) is 7.64. The van der Waals surface area contributed by atoms with Gasteiger partial charge in [0.15, 0.2) is 5.78 Å². The second-order valence-electron chi connectivity index (χ2n) is 7.79. The highest BCUT2D eigenvalue weighted by atomic mass is 16.5. The van der Waals surface area contributed by atoms with Crippen molar-refractivity contribution in [3.05, 3.63) is 66.2 Å². The van der Waals surface area contributed by atoms with E-state index in [2.05, 4.69) is 5.10 Å². The van der Waals surface area contributed by atoms with Crippen molar-refractivity contribution in [3.8, 4) is 11.5 Å². The van der Waals surface area contributed by atoms with Crippen LogP contribution >= 0.6 is 0 Å². The minimum absolute atomic E-state index is 0.263. The molecule has 8 heteroatoms. The van der Waals surface area contributed by atoms with Gasteiger partial charge in [0.05, 0.1) is 37.8 Å². The number of allylic oxidation sites excluding steroid dienone is 1. The summed E-state index contributed by atoms with van der Waals surface area (Å²) in [5.74, 6) is -1.57. The normalized spacial score (nSPS) is 25.7. The summed E-state index contributed by atoms with van der Waals surface area (Å²) in [5, 5.41) is 5.96. The van der Waals surface area contributed by atoms with Gasteiger partial charge in [0, 0.05) is 11.8 Å². The predicted molar refractivity (Wildman–Crippen MR) is 117 cm³/mol. The lowest BCUT2D eigenvalue weighted by molar-refractivity contribution is -0.123. The number of nitrogens with zero attached hydrogens (tertiary/aromatic N) is 3.